The SMILES string of the molecule is CCS(=O)(=O)c1cccc(CC(=O)NCc2ccc(C(=O)O)s2)c1. The quantitative estimate of drug-likeness (QED) is 0.780. The number of sulfone groups is 1. The molecule has 0 saturated carbocycles. The highest BCUT2D eigenvalue weighted by atomic mass is 32.2. The second kappa shape index (κ2) is 7.59. The molecule has 0 aliphatic heterocycles. The van der Waals surface area contributed by atoms with Crippen LogP contribution in [0.2, 0.25) is 0 Å². The van der Waals surface area contributed by atoms with E-state index in [0.29, 0.717) is 5.56 Å². The van der Waals surface area contributed by atoms with E-state index in [9.17, 15) is 18.0 Å². The lowest BCUT2D eigenvalue weighted by atomic mass is 10.1. The molecule has 2 N–H and O–H groups in total. The Morgan fingerprint density at radius 2 is 1.96 bits per heavy atom. The van der Waals surface area contributed by atoms with Crippen LogP contribution >= 0.6 is 11.3 Å². The second-order valence-corrected chi connectivity index (χ2v) is 8.52. The summed E-state index contributed by atoms with van der Waals surface area (Å²) in [6.45, 7) is 1.81. The number of hydrogen-bond donors (Lipinski definition) is 2. The fourth-order valence-corrected chi connectivity index (χ4v) is 3.77. The molecular weight excluding hydrogens is 350 g/mol. The van der Waals surface area contributed by atoms with Crippen LogP contribution in [0.3, 0.4) is 0 Å². The van der Waals surface area contributed by atoms with Crippen molar-refractivity contribution in [3.05, 3.63) is 51.7 Å². The fraction of sp³-hybridized carbons (Fsp3) is 0.250. The Balaban J connectivity index is 1.97. The first kappa shape index (κ1) is 18.2. The molecule has 0 spiro atoms. The molecule has 0 radical (unpaired) electrons. The van der Waals surface area contributed by atoms with Gasteiger partial charge < -0.3 is 10.4 Å². The molecule has 0 bridgehead atoms. The third kappa shape index (κ3) is 4.65. The number of benzene rings is 1. The monoisotopic (exact) mass is 367 g/mol. The molecule has 2 aromatic rings. The van der Waals surface area contributed by atoms with Crippen LogP contribution in [0.25, 0.3) is 0 Å². The van der Waals surface area contributed by atoms with Crippen molar-refractivity contribution in [2.75, 3.05) is 5.75 Å². The summed E-state index contributed by atoms with van der Waals surface area (Å²) in [5.74, 6) is -1.25. The summed E-state index contributed by atoms with van der Waals surface area (Å²) in [5.41, 5.74) is 0.611. The van der Waals surface area contributed by atoms with Gasteiger partial charge in [-0.3, -0.25) is 4.79 Å². The number of nitrogens with one attached hydrogen (secondary N) is 1. The van der Waals surface area contributed by atoms with Gasteiger partial charge in [0.15, 0.2) is 9.84 Å². The Hall–Kier alpha value is -2.19. The van der Waals surface area contributed by atoms with Gasteiger partial charge in [-0.2, -0.15) is 0 Å². The van der Waals surface area contributed by atoms with Crippen molar-refractivity contribution < 1.29 is 23.1 Å². The number of hydrogen-bond acceptors (Lipinski definition) is 5. The van der Waals surface area contributed by atoms with Crippen molar-refractivity contribution in [2.45, 2.75) is 24.8 Å². The van der Waals surface area contributed by atoms with Crippen LogP contribution in [-0.2, 0) is 27.6 Å². The molecule has 0 unspecified atom stereocenters. The number of carbonyl (C=O) groups excluding carboxylic acids is 1. The van der Waals surface area contributed by atoms with Crippen LogP contribution in [-0.4, -0.2) is 31.2 Å². The van der Waals surface area contributed by atoms with Crippen molar-refractivity contribution >= 4 is 33.1 Å². The molecule has 0 aliphatic carbocycles. The van der Waals surface area contributed by atoms with Gasteiger partial charge in [0.1, 0.15) is 4.88 Å². The van der Waals surface area contributed by atoms with E-state index in [1.165, 1.54) is 18.2 Å². The van der Waals surface area contributed by atoms with Gasteiger partial charge in [0.05, 0.1) is 23.6 Å². The Morgan fingerprint density at radius 1 is 1.21 bits per heavy atom. The molecule has 6 nitrogen and oxygen atoms in total. The van der Waals surface area contributed by atoms with E-state index in [1.807, 2.05) is 0 Å². The Morgan fingerprint density at radius 3 is 2.58 bits per heavy atom. The summed E-state index contributed by atoms with van der Waals surface area (Å²) >= 11 is 1.10. The lowest BCUT2D eigenvalue weighted by Gasteiger charge is -2.06. The minimum absolute atomic E-state index is 0.00688. The van der Waals surface area contributed by atoms with Crippen molar-refractivity contribution in [3.8, 4) is 0 Å². The molecule has 1 heterocycles. The van der Waals surface area contributed by atoms with Gasteiger partial charge >= 0.3 is 5.97 Å². The highest BCUT2D eigenvalue weighted by Gasteiger charge is 2.13. The van der Waals surface area contributed by atoms with Crippen LogP contribution in [0.1, 0.15) is 27.0 Å². The summed E-state index contributed by atoms with van der Waals surface area (Å²) in [4.78, 5) is 24.0. The van der Waals surface area contributed by atoms with Gasteiger partial charge in [-0.25, -0.2) is 13.2 Å². The molecule has 1 aromatic heterocycles. The minimum Gasteiger partial charge on any atom is -0.477 e. The Kier molecular flexibility index (Phi) is 5.74. The summed E-state index contributed by atoms with van der Waals surface area (Å²) in [6.07, 6.45) is 0.0598. The first-order valence-corrected chi connectivity index (χ1v) is 9.69. The second-order valence-electron chi connectivity index (χ2n) is 5.08. The molecule has 1 amide bonds. The maximum atomic E-state index is 12.0. The summed E-state index contributed by atoms with van der Waals surface area (Å²) in [7, 11) is -3.30. The van der Waals surface area contributed by atoms with Gasteiger partial charge in [-0.05, 0) is 29.8 Å². The average molecular weight is 367 g/mol. The van der Waals surface area contributed by atoms with Crippen molar-refractivity contribution in [2.24, 2.45) is 0 Å². The molecule has 24 heavy (non-hydrogen) atoms. The molecule has 0 aliphatic rings. The van der Waals surface area contributed by atoms with E-state index in [1.54, 1.807) is 25.1 Å². The smallest absolute Gasteiger partial charge is 0.345 e. The molecular formula is C16H17NO5S2. The number of aromatic carboxylic acids is 1. The highest BCUT2D eigenvalue weighted by molar-refractivity contribution is 7.91. The van der Waals surface area contributed by atoms with E-state index in [4.69, 9.17) is 5.11 Å². The molecule has 2 rings (SSSR count). The fourth-order valence-electron chi connectivity index (χ4n) is 2.04. The van der Waals surface area contributed by atoms with E-state index < -0.39 is 15.8 Å². The van der Waals surface area contributed by atoms with E-state index in [0.717, 1.165) is 16.2 Å². The zero-order chi connectivity index (χ0) is 17.7. The van der Waals surface area contributed by atoms with Gasteiger partial charge in [-0.15, -0.1) is 11.3 Å². The summed E-state index contributed by atoms with van der Waals surface area (Å²) < 4.78 is 23.7. The number of carboxylic acid groups (broad SMARTS) is 1. The topological polar surface area (TPSA) is 101 Å². The predicted octanol–water partition coefficient (Wildman–Crippen LogP) is 2.10. The van der Waals surface area contributed by atoms with Gasteiger partial charge in [0.2, 0.25) is 5.91 Å². The third-order valence-electron chi connectivity index (χ3n) is 3.33. The first-order valence-electron chi connectivity index (χ1n) is 7.22. The zero-order valence-corrected chi connectivity index (χ0v) is 14.6. The van der Waals surface area contributed by atoms with Gasteiger partial charge in [-0.1, -0.05) is 19.1 Å². The predicted molar refractivity (Wildman–Crippen MR) is 91.0 cm³/mol. The van der Waals surface area contributed by atoms with Gasteiger partial charge in [0, 0.05) is 4.88 Å². The molecule has 128 valence electrons. The number of carboxylic acids is 1. The van der Waals surface area contributed by atoms with Gasteiger partial charge in [0.25, 0.3) is 0 Å². The maximum Gasteiger partial charge on any atom is 0.345 e. The Labute approximate surface area is 144 Å². The largest absolute Gasteiger partial charge is 0.477 e. The van der Waals surface area contributed by atoms with E-state index in [2.05, 4.69) is 5.32 Å². The number of carbonyl (C=O) groups is 2. The molecule has 0 saturated heterocycles. The molecule has 0 fully saturated rings. The van der Waals surface area contributed by atoms with Crippen LogP contribution in [0.5, 0.6) is 0 Å². The third-order valence-corrected chi connectivity index (χ3v) is 6.14. The number of rotatable bonds is 7. The molecule has 8 heteroatoms. The van der Waals surface area contributed by atoms with Crippen molar-refractivity contribution in [1.82, 2.24) is 5.32 Å². The van der Waals surface area contributed by atoms with Crippen LogP contribution in [0, 0.1) is 0 Å². The van der Waals surface area contributed by atoms with Crippen LogP contribution < -0.4 is 5.32 Å². The van der Waals surface area contributed by atoms with Crippen LogP contribution in [0.15, 0.2) is 41.3 Å². The van der Waals surface area contributed by atoms with E-state index in [-0.39, 0.29) is 34.4 Å². The Bertz CT molecular complexity index is 855. The summed E-state index contributed by atoms with van der Waals surface area (Å²) in [6, 6.07) is 9.48. The maximum absolute atomic E-state index is 12.0. The summed E-state index contributed by atoms with van der Waals surface area (Å²) in [5, 5.41) is 11.6. The highest BCUT2D eigenvalue weighted by Crippen LogP contribution is 2.16. The zero-order valence-electron chi connectivity index (χ0n) is 13.0. The minimum atomic E-state index is -3.30. The lowest BCUT2D eigenvalue weighted by Crippen LogP contribution is -2.24. The number of amides is 1. The van der Waals surface area contributed by atoms with Crippen molar-refractivity contribution in [3.63, 3.8) is 0 Å². The molecule has 0 atom stereocenters. The normalized spacial score (nSPS) is 11.2. The lowest BCUT2D eigenvalue weighted by molar-refractivity contribution is -0.120. The van der Waals surface area contributed by atoms with Crippen LogP contribution in [0.4, 0.5) is 0 Å². The number of thiophene rings is 1. The standard InChI is InChI=1S/C16H17NO5S2/c1-2-24(21,22)13-5-3-4-11(8-13)9-15(18)17-10-12-6-7-14(23-12)16(19)20/h3-8H,2,9-10H2,1H3,(H,17,18)(H,19,20). The first-order chi connectivity index (χ1) is 11.3. The van der Waals surface area contributed by atoms with E-state index >= 15 is 0 Å². The molecule has 1 aromatic carbocycles. The average Bonchev–Trinajstić information content (AvgIpc) is 3.02. The van der Waals surface area contributed by atoms with Crippen molar-refractivity contribution in [1.29, 1.82) is 0 Å².